The number of alkyl halides is 3. The van der Waals surface area contributed by atoms with Gasteiger partial charge in [-0.15, -0.1) is 5.10 Å². The number of rotatable bonds is 3. The lowest BCUT2D eigenvalue weighted by molar-refractivity contribution is -0.145. The van der Waals surface area contributed by atoms with Gasteiger partial charge in [-0.3, -0.25) is 4.79 Å². The van der Waals surface area contributed by atoms with Crippen molar-refractivity contribution in [1.82, 2.24) is 14.8 Å². The van der Waals surface area contributed by atoms with E-state index in [1.807, 2.05) is 24.3 Å². The molecule has 0 bridgehead atoms. The van der Waals surface area contributed by atoms with Crippen molar-refractivity contribution in [3.8, 4) is 5.75 Å². The number of nitrogens with zero attached hydrogens (tertiary/aromatic N) is 3. The summed E-state index contributed by atoms with van der Waals surface area (Å²) in [5.74, 6) is -0.893. The van der Waals surface area contributed by atoms with Crippen LogP contribution in [0.15, 0.2) is 59.8 Å². The normalized spacial score (nSPS) is 20.2. The monoisotopic (exact) mass is 474 g/mol. The molecule has 3 aromatic rings. The molecule has 0 amide bonds. The van der Waals surface area contributed by atoms with Crippen LogP contribution in [-0.2, 0) is 11.0 Å². The Morgan fingerprint density at radius 3 is 2.36 bits per heavy atom. The van der Waals surface area contributed by atoms with Crippen molar-refractivity contribution in [2.45, 2.75) is 31.0 Å². The van der Waals surface area contributed by atoms with Gasteiger partial charge in [0.15, 0.2) is 5.78 Å². The summed E-state index contributed by atoms with van der Waals surface area (Å²) in [6.07, 6.45) is -4.04. The summed E-state index contributed by atoms with van der Waals surface area (Å²) in [6.45, 7) is 0. The molecule has 0 radical (unpaired) electrons. The van der Waals surface area contributed by atoms with Crippen LogP contribution < -0.4 is 10.1 Å². The number of ketones is 1. The molecule has 2 atom stereocenters. The van der Waals surface area contributed by atoms with Crippen molar-refractivity contribution < 1.29 is 22.7 Å². The van der Waals surface area contributed by atoms with Crippen molar-refractivity contribution >= 4 is 23.3 Å². The topological polar surface area (TPSA) is 69.0 Å². The number of hydrogen-bond acceptors (Lipinski definition) is 5. The molecule has 10 heteroatoms. The lowest BCUT2D eigenvalue weighted by Gasteiger charge is -2.35. The molecule has 2 aromatic carbocycles. The highest BCUT2D eigenvalue weighted by molar-refractivity contribution is 6.30. The lowest BCUT2D eigenvalue weighted by atomic mass is 9.78. The van der Waals surface area contributed by atoms with E-state index in [4.69, 9.17) is 16.3 Å². The Morgan fingerprint density at radius 2 is 1.73 bits per heavy atom. The summed E-state index contributed by atoms with van der Waals surface area (Å²) in [6, 6.07) is 13.2. The van der Waals surface area contributed by atoms with Crippen LogP contribution in [0.1, 0.15) is 41.8 Å². The first-order valence-corrected chi connectivity index (χ1v) is 10.6. The zero-order valence-corrected chi connectivity index (χ0v) is 18.1. The molecule has 1 aliphatic carbocycles. The standard InChI is InChI=1S/C23H18ClF3N4O2/c1-33-16-8-4-12(5-9-16)14-10-17-19(18(32)11-14)20(13-2-6-15(24)7-3-13)31-22(28-17)29-21(30-31)23(25,26)27/h2-9,14,20H,10-11H2,1H3,(H,28,29,30)/t14-,20+/m0/s1. The molecule has 170 valence electrons. The van der Waals surface area contributed by atoms with E-state index >= 15 is 0 Å². The summed E-state index contributed by atoms with van der Waals surface area (Å²) in [5.41, 5.74) is 2.50. The van der Waals surface area contributed by atoms with Gasteiger partial charge < -0.3 is 10.1 Å². The number of allylic oxidation sites excluding steroid dienone is 2. The number of nitrogens with one attached hydrogen (secondary N) is 1. The van der Waals surface area contributed by atoms with Gasteiger partial charge in [0.2, 0.25) is 5.95 Å². The quantitative estimate of drug-likeness (QED) is 0.552. The number of benzene rings is 2. The van der Waals surface area contributed by atoms with Crippen LogP contribution in [0.25, 0.3) is 0 Å². The first-order valence-electron chi connectivity index (χ1n) is 10.2. The lowest BCUT2D eigenvalue weighted by Crippen LogP contribution is -2.33. The van der Waals surface area contributed by atoms with E-state index in [0.717, 1.165) is 10.2 Å². The highest BCUT2D eigenvalue weighted by Gasteiger charge is 2.43. The molecule has 5 rings (SSSR count). The molecule has 0 spiro atoms. The largest absolute Gasteiger partial charge is 0.497 e. The number of hydrogen-bond donors (Lipinski definition) is 1. The number of anilines is 1. The van der Waals surface area contributed by atoms with Crippen LogP contribution in [0.4, 0.5) is 19.1 Å². The zero-order valence-electron chi connectivity index (χ0n) is 17.4. The second kappa shape index (κ2) is 7.91. The molecule has 0 unspecified atom stereocenters. The Bertz CT molecular complexity index is 1250. The summed E-state index contributed by atoms with van der Waals surface area (Å²) in [4.78, 5) is 17.0. The Kier molecular flexibility index (Phi) is 5.16. The van der Waals surface area contributed by atoms with Crippen LogP contribution in [0.5, 0.6) is 5.75 Å². The predicted octanol–water partition coefficient (Wildman–Crippen LogP) is 5.37. The number of fused-ring (bicyclic) bond motifs is 1. The van der Waals surface area contributed by atoms with Crippen LogP contribution >= 0.6 is 11.6 Å². The van der Waals surface area contributed by atoms with Crippen LogP contribution in [0, 0.1) is 0 Å². The Morgan fingerprint density at radius 1 is 1.06 bits per heavy atom. The van der Waals surface area contributed by atoms with E-state index in [9.17, 15) is 18.0 Å². The smallest absolute Gasteiger partial charge is 0.453 e. The summed E-state index contributed by atoms with van der Waals surface area (Å²) in [5, 5.41) is 7.14. The van der Waals surface area contributed by atoms with Crippen LogP contribution in [0.3, 0.4) is 0 Å². The van der Waals surface area contributed by atoms with E-state index in [2.05, 4.69) is 15.4 Å². The van der Waals surface area contributed by atoms with Crippen molar-refractivity contribution in [2.24, 2.45) is 0 Å². The Hall–Kier alpha value is -3.33. The molecule has 33 heavy (non-hydrogen) atoms. The molecule has 0 saturated heterocycles. The fraction of sp³-hybridized carbons (Fsp3) is 0.261. The van der Waals surface area contributed by atoms with Crippen LogP contribution in [0.2, 0.25) is 5.02 Å². The third-order valence-corrected chi connectivity index (χ3v) is 6.20. The van der Waals surface area contributed by atoms with E-state index in [-0.39, 0.29) is 24.1 Å². The summed E-state index contributed by atoms with van der Waals surface area (Å²) >= 11 is 6.01. The maximum atomic E-state index is 13.4. The molecular formula is C23H18ClF3N4O2. The second-order valence-corrected chi connectivity index (χ2v) is 8.41. The Labute approximate surface area is 192 Å². The second-order valence-electron chi connectivity index (χ2n) is 7.97. The van der Waals surface area contributed by atoms with Gasteiger partial charge in [0.1, 0.15) is 11.8 Å². The molecule has 2 aliphatic rings. The van der Waals surface area contributed by atoms with Crippen molar-refractivity contribution in [3.63, 3.8) is 0 Å². The number of Topliss-reactive ketones (excluding diaryl/α,β-unsaturated/α-hetero) is 1. The molecular weight excluding hydrogens is 457 g/mol. The number of carbonyl (C=O) groups is 1. The number of aromatic nitrogens is 3. The van der Waals surface area contributed by atoms with Gasteiger partial charge in [-0.2, -0.15) is 18.2 Å². The average Bonchev–Trinajstić information content (AvgIpc) is 3.23. The molecule has 0 saturated carbocycles. The van der Waals surface area contributed by atoms with E-state index in [1.165, 1.54) is 0 Å². The predicted molar refractivity (Wildman–Crippen MR) is 115 cm³/mol. The molecule has 1 N–H and O–H groups in total. The summed E-state index contributed by atoms with van der Waals surface area (Å²) < 4.78 is 46.5. The van der Waals surface area contributed by atoms with Crippen LogP contribution in [-0.4, -0.2) is 27.7 Å². The van der Waals surface area contributed by atoms with Crippen molar-refractivity contribution in [3.05, 3.63) is 81.8 Å². The van der Waals surface area contributed by atoms with Gasteiger partial charge in [0.05, 0.1) is 7.11 Å². The zero-order chi connectivity index (χ0) is 23.3. The molecule has 1 aliphatic heterocycles. The fourth-order valence-electron chi connectivity index (χ4n) is 4.40. The molecule has 1 aromatic heterocycles. The third kappa shape index (κ3) is 3.86. The van der Waals surface area contributed by atoms with Crippen molar-refractivity contribution in [1.29, 1.82) is 0 Å². The maximum absolute atomic E-state index is 13.4. The average molecular weight is 475 g/mol. The van der Waals surface area contributed by atoms with Gasteiger partial charge >= 0.3 is 6.18 Å². The SMILES string of the molecule is COc1ccc([C@@H]2CC(=O)C3=C(C2)Nc2nc(C(F)(F)F)nn2[C@@H]3c2ccc(Cl)cc2)cc1. The number of halogens is 4. The van der Waals surface area contributed by atoms with Crippen molar-refractivity contribution in [2.75, 3.05) is 12.4 Å². The molecule has 6 nitrogen and oxygen atoms in total. The van der Waals surface area contributed by atoms with Gasteiger partial charge in [0, 0.05) is 22.7 Å². The number of methoxy groups -OCH3 is 1. The first kappa shape index (κ1) is 21.5. The highest BCUT2D eigenvalue weighted by atomic mass is 35.5. The van der Waals surface area contributed by atoms with Gasteiger partial charge in [-0.1, -0.05) is 35.9 Å². The Balaban J connectivity index is 1.59. The minimum atomic E-state index is -4.72. The minimum Gasteiger partial charge on any atom is -0.497 e. The minimum absolute atomic E-state index is 0.0517. The fourth-order valence-corrected chi connectivity index (χ4v) is 4.52. The molecule has 2 heterocycles. The van der Waals surface area contributed by atoms with Gasteiger partial charge in [-0.05, 0) is 47.7 Å². The highest BCUT2D eigenvalue weighted by Crippen LogP contribution is 2.45. The third-order valence-electron chi connectivity index (χ3n) is 5.95. The van der Waals surface area contributed by atoms with E-state index < -0.39 is 18.0 Å². The number of ether oxygens (including phenoxy) is 1. The molecule has 0 fully saturated rings. The van der Waals surface area contributed by atoms with E-state index in [0.29, 0.717) is 34.0 Å². The van der Waals surface area contributed by atoms with Gasteiger partial charge in [0.25, 0.3) is 5.82 Å². The van der Waals surface area contributed by atoms with Gasteiger partial charge in [-0.25, -0.2) is 4.68 Å². The number of carbonyl (C=O) groups excluding carboxylic acids is 1. The van der Waals surface area contributed by atoms with E-state index in [1.54, 1.807) is 31.4 Å². The first-order chi connectivity index (χ1) is 15.7. The summed E-state index contributed by atoms with van der Waals surface area (Å²) in [7, 11) is 1.57. The maximum Gasteiger partial charge on any atom is 0.453 e.